The summed E-state index contributed by atoms with van der Waals surface area (Å²) in [5.41, 5.74) is 0.763. The second kappa shape index (κ2) is 3.13. The van der Waals surface area contributed by atoms with E-state index in [4.69, 9.17) is 0 Å². The molecule has 1 aromatic carbocycles. The van der Waals surface area contributed by atoms with Gasteiger partial charge in [-0.05, 0) is 24.6 Å². The molecule has 0 atom stereocenters. The Hall–Kier alpha value is -0.700. The molecule has 0 amide bonds. The fraction of sp³-hybridized carbons (Fsp3) is 0.125. The van der Waals surface area contributed by atoms with Gasteiger partial charge in [0.1, 0.15) is 5.82 Å². The Labute approximate surface area is 72.4 Å². The van der Waals surface area contributed by atoms with Gasteiger partial charge in [-0.15, -0.1) is 0 Å². The Bertz CT molecular complexity index is 296. The molecular weight excluding hydrogens is 211 g/mol. The number of hydrogen-bond donors (Lipinski definition) is 0. The van der Waals surface area contributed by atoms with E-state index < -0.39 is 5.82 Å². The van der Waals surface area contributed by atoms with Crippen LogP contribution in [-0.4, -0.2) is 6.29 Å². The van der Waals surface area contributed by atoms with Crippen LogP contribution >= 0.6 is 15.9 Å². The molecule has 0 aliphatic carbocycles. The molecule has 0 radical (unpaired) electrons. The molecule has 1 aromatic rings. The maximum atomic E-state index is 12.8. The number of rotatable bonds is 1. The Morgan fingerprint density at radius 1 is 1.55 bits per heavy atom. The predicted octanol–water partition coefficient (Wildman–Crippen LogP) is 2.71. The van der Waals surface area contributed by atoms with E-state index in [2.05, 4.69) is 15.9 Å². The Morgan fingerprint density at radius 3 is 2.64 bits per heavy atom. The summed E-state index contributed by atoms with van der Waals surface area (Å²) in [6, 6.07) is 2.85. The van der Waals surface area contributed by atoms with Gasteiger partial charge in [0.05, 0.1) is 5.56 Å². The van der Waals surface area contributed by atoms with Crippen LogP contribution in [0.25, 0.3) is 0 Å². The summed E-state index contributed by atoms with van der Waals surface area (Å²) in [6.45, 7) is 1.69. The zero-order valence-corrected chi connectivity index (χ0v) is 7.48. The van der Waals surface area contributed by atoms with Crippen molar-refractivity contribution in [3.05, 3.63) is 33.5 Å². The van der Waals surface area contributed by atoms with Gasteiger partial charge in [-0.3, -0.25) is 4.79 Å². The van der Waals surface area contributed by atoms with Crippen molar-refractivity contribution >= 4 is 22.2 Å². The van der Waals surface area contributed by atoms with E-state index in [1.807, 2.05) is 0 Å². The molecule has 0 fully saturated rings. The van der Waals surface area contributed by atoms with Crippen LogP contribution in [0.15, 0.2) is 16.6 Å². The van der Waals surface area contributed by atoms with E-state index in [1.165, 1.54) is 6.07 Å². The normalized spacial score (nSPS) is 9.73. The lowest BCUT2D eigenvalue weighted by atomic mass is 10.1. The fourth-order valence-corrected chi connectivity index (χ4v) is 1.16. The molecule has 11 heavy (non-hydrogen) atoms. The van der Waals surface area contributed by atoms with E-state index in [1.54, 1.807) is 13.0 Å². The molecule has 0 aromatic heterocycles. The van der Waals surface area contributed by atoms with Crippen molar-refractivity contribution in [2.24, 2.45) is 0 Å². The standard InChI is InChI=1S/C8H6BrFO/c1-5-6(4-11)8(10)3-2-7(5)9/h2-4H,1H3. The highest BCUT2D eigenvalue weighted by molar-refractivity contribution is 9.10. The summed E-state index contributed by atoms with van der Waals surface area (Å²) in [5.74, 6) is -0.472. The molecule has 1 nitrogen and oxygen atoms in total. The predicted molar refractivity (Wildman–Crippen MR) is 44.2 cm³/mol. The largest absolute Gasteiger partial charge is 0.298 e. The second-order valence-corrected chi connectivity index (χ2v) is 3.04. The summed E-state index contributed by atoms with van der Waals surface area (Å²) in [7, 11) is 0. The smallest absolute Gasteiger partial charge is 0.153 e. The molecule has 0 aliphatic rings. The summed E-state index contributed by atoms with van der Waals surface area (Å²) in [4.78, 5) is 10.3. The Morgan fingerprint density at radius 2 is 2.18 bits per heavy atom. The van der Waals surface area contributed by atoms with Crippen LogP contribution in [0.5, 0.6) is 0 Å². The molecule has 0 heterocycles. The molecule has 1 rings (SSSR count). The molecule has 0 unspecified atom stereocenters. The highest BCUT2D eigenvalue weighted by Crippen LogP contribution is 2.20. The van der Waals surface area contributed by atoms with Gasteiger partial charge in [-0.1, -0.05) is 15.9 Å². The van der Waals surface area contributed by atoms with Crippen LogP contribution in [0.1, 0.15) is 15.9 Å². The van der Waals surface area contributed by atoms with Gasteiger partial charge in [-0.2, -0.15) is 0 Å². The highest BCUT2D eigenvalue weighted by atomic mass is 79.9. The molecule has 0 saturated carbocycles. The van der Waals surface area contributed by atoms with E-state index in [9.17, 15) is 9.18 Å². The van der Waals surface area contributed by atoms with Crippen LogP contribution < -0.4 is 0 Å². The quantitative estimate of drug-likeness (QED) is 0.661. The zero-order chi connectivity index (χ0) is 8.43. The van der Waals surface area contributed by atoms with Crippen molar-refractivity contribution in [1.29, 1.82) is 0 Å². The van der Waals surface area contributed by atoms with Gasteiger partial charge < -0.3 is 0 Å². The minimum Gasteiger partial charge on any atom is -0.298 e. The lowest BCUT2D eigenvalue weighted by Crippen LogP contribution is -1.92. The van der Waals surface area contributed by atoms with Gasteiger partial charge in [0.15, 0.2) is 6.29 Å². The lowest BCUT2D eigenvalue weighted by Gasteiger charge is -2.01. The number of hydrogen-bond acceptors (Lipinski definition) is 1. The van der Waals surface area contributed by atoms with Crippen molar-refractivity contribution < 1.29 is 9.18 Å². The van der Waals surface area contributed by atoms with Crippen molar-refractivity contribution in [3.63, 3.8) is 0 Å². The lowest BCUT2D eigenvalue weighted by molar-refractivity contribution is 0.111. The van der Waals surface area contributed by atoms with Gasteiger partial charge in [0, 0.05) is 4.47 Å². The second-order valence-electron chi connectivity index (χ2n) is 2.19. The number of aldehydes is 1. The van der Waals surface area contributed by atoms with E-state index in [0.717, 1.165) is 4.47 Å². The highest BCUT2D eigenvalue weighted by Gasteiger charge is 2.06. The van der Waals surface area contributed by atoms with Crippen molar-refractivity contribution in [2.75, 3.05) is 0 Å². The number of benzene rings is 1. The van der Waals surface area contributed by atoms with Crippen LogP contribution in [-0.2, 0) is 0 Å². The third-order valence-corrected chi connectivity index (χ3v) is 2.37. The first-order valence-electron chi connectivity index (χ1n) is 3.06. The number of carbonyl (C=O) groups excluding carboxylic acids is 1. The van der Waals surface area contributed by atoms with E-state index in [-0.39, 0.29) is 5.56 Å². The van der Waals surface area contributed by atoms with Crippen LogP contribution in [0.2, 0.25) is 0 Å². The monoisotopic (exact) mass is 216 g/mol. The summed E-state index contributed by atoms with van der Waals surface area (Å²) in [6.07, 6.45) is 0.523. The first kappa shape index (κ1) is 8.40. The minimum atomic E-state index is -0.472. The topological polar surface area (TPSA) is 17.1 Å². The third-order valence-electron chi connectivity index (χ3n) is 1.51. The average Bonchev–Trinajstić information content (AvgIpc) is 1.99. The van der Waals surface area contributed by atoms with Crippen molar-refractivity contribution in [1.82, 2.24) is 0 Å². The Balaban J connectivity index is 3.40. The summed E-state index contributed by atoms with van der Waals surface area (Å²) in [5, 5.41) is 0. The minimum absolute atomic E-state index is 0.124. The first-order valence-corrected chi connectivity index (χ1v) is 3.86. The molecule has 3 heteroatoms. The van der Waals surface area contributed by atoms with Gasteiger partial charge in [0.25, 0.3) is 0 Å². The van der Waals surface area contributed by atoms with E-state index >= 15 is 0 Å². The molecule has 0 saturated heterocycles. The summed E-state index contributed by atoms with van der Waals surface area (Å²) < 4.78 is 13.5. The van der Waals surface area contributed by atoms with Gasteiger partial charge in [-0.25, -0.2) is 4.39 Å². The van der Waals surface area contributed by atoms with Gasteiger partial charge >= 0.3 is 0 Å². The number of halogens is 2. The van der Waals surface area contributed by atoms with Crippen molar-refractivity contribution in [3.8, 4) is 0 Å². The van der Waals surface area contributed by atoms with Crippen LogP contribution in [0.3, 0.4) is 0 Å². The fourth-order valence-electron chi connectivity index (χ4n) is 0.814. The molecule has 58 valence electrons. The van der Waals surface area contributed by atoms with Crippen LogP contribution in [0, 0.1) is 12.7 Å². The average molecular weight is 217 g/mol. The number of carbonyl (C=O) groups is 1. The van der Waals surface area contributed by atoms with Crippen molar-refractivity contribution in [2.45, 2.75) is 6.92 Å². The maximum absolute atomic E-state index is 12.8. The van der Waals surface area contributed by atoms with Crippen LogP contribution in [0.4, 0.5) is 4.39 Å². The maximum Gasteiger partial charge on any atom is 0.153 e. The molecule has 0 bridgehead atoms. The molecular formula is C8H6BrFO. The Kier molecular flexibility index (Phi) is 2.39. The van der Waals surface area contributed by atoms with E-state index in [0.29, 0.717) is 11.8 Å². The molecule has 0 aliphatic heterocycles. The molecule has 0 spiro atoms. The third kappa shape index (κ3) is 1.48. The summed E-state index contributed by atoms with van der Waals surface area (Å²) >= 11 is 3.20. The first-order chi connectivity index (χ1) is 5.16. The SMILES string of the molecule is Cc1c(Br)ccc(F)c1C=O. The van der Waals surface area contributed by atoms with Gasteiger partial charge in [0.2, 0.25) is 0 Å². The zero-order valence-electron chi connectivity index (χ0n) is 5.90. The molecule has 0 N–H and O–H groups in total.